The molecule has 37 heavy (non-hydrogen) atoms. The number of amides is 1. The van der Waals surface area contributed by atoms with Crippen molar-refractivity contribution in [3.05, 3.63) is 99.7 Å². The third-order valence-electron chi connectivity index (χ3n) is 6.57. The Bertz CT molecular complexity index is 1380. The number of fused-ring (bicyclic) bond motifs is 1. The summed E-state index contributed by atoms with van der Waals surface area (Å²) in [6.45, 7) is 2.52. The summed E-state index contributed by atoms with van der Waals surface area (Å²) in [6, 6.07) is 20.3. The van der Waals surface area contributed by atoms with Gasteiger partial charge in [-0.25, -0.2) is 0 Å². The van der Waals surface area contributed by atoms with Crippen molar-refractivity contribution >= 4 is 28.4 Å². The molecule has 0 aliphatic rings. The van der Waals surface area contributed by atoms with E-state index in [9.17, 15) is 20.1 Å². The van der Waals surface area contributed by atoms with Crippen LogP contribution in [0.5, 0.6) is 5.75 Å². The van der Waals surface area contributed by atoms with Gasteiger partial charge in [0.1, 0.15) is 11.4 Å². The molecule has 4 aromatic rings. The van der Waals surface area contributed by atoms with E-state index in [-0.39, 0.29) is 24.3 Å². The molecule has 0 radical (unpaired) electrons. The quantitative estimate of drug-likeness (QED) is 0.215. The highest BCUT2D eigenvalue weighted by atomic mass is 35.5. The zero-order valence-electron chi connectivity index (χ0n) is 20.9. The number of benzene rings is 3. The van der Waals surface area contributed by atoms with Crippen molar-refractivity contribution in [2.24, 2.45) is 7.05 Å². The van der Waals surface area contributed by atoms with E-state index in [0.29, 0.717) is 34.9 Å². The highest BCUT2D eigenvalue weighted by molar-refractivity contribution is 6.30. The summed E-state index contributed by atoms with van der Waals surface area (Å²) < 4.78 is 1.90. The van der Waals surface area contributed by atoms with E-state index < -0.39 is 6.10 Å². The van der Waals surface area contributed by atoms with Crippen LogP contribution in [0.15, 0.2) is 66.7 Å². The molecule has 0 fully saturated rings. The molecule has 7 nitrogen and oxygen atoms in total. The molecule has 2 atom stereocenters. The molecule has 0 saturated carbocycles. The second kappa shape index (κ2) is 11.8. The number of carbonyl (C=O) groups excluding carboxylic acids is 1. The zero-order chi connectivity index (χ0) is 26.5. The Morgan fingerprint density at radius 1 is 1.03 bits per heavy atom. The first-order valence-corrected chi connectivity index (χ1v) is 12.6. The second-order valence-corrected chi connectivity index (χ2v) is 9.80. The molecule has 1 aromatic heterocycles. The molecular weight excluding hydrogens is 490 g/mol. The van der Waals surface area contributed by atoms with Gasteiger partial charge in [0, 0.05) is 47.7 Å². The van der Waals surface area contributed by atoms with Crippen LogP contribution in [-0.2, 0) is 26.6 Å². The van der Waals surface area contributed by atoms with Gasteiger partial charge >= 0.3 is 0 Å². The number of hydrogen-bond acceptors (Lipinski definition) is 5. The van der Waals surface area contributed by atoms with Crippen LogP contribution in [0.4, 0.5) is 0 Å². The van der Waals surface area contributed by atoms with Gasteiger partial charge in [-0.15, -0.1) is 0 Å². The molecule has 4 rings (SSSR count). The van der Waals surface area contributed by atoms with E-state index in [1.165, 1.54) is 6.07 Å². The smallest absolute Gasteiger partial charge is 0.268 e. The Kier molecular flexibility index (Phi) is 8.51. The molecule has 1 unspecified atom stereocenters. The van der Waals surface area contributed by atoms with Crippen LogP contribution >= 0.6 is 11.6 Å². The average Bonchev–Trinajstić information content (AvgIpc) is 3.22. The number of aliphatic hydroxyl groups is 2. The number of halogens is 1. The van der Waals surface area contributed by atoms with Crippen molar-refractivity contribution in [2.75, 3.05) is 6.54 Å². The first kappa shape index (κ1) is 26.7. The van der Waals surface area contributed by atoms with E-state index in [1.807, 2.05) is 42.8 Å². The number of carbonyl (C=O) groups is 1. The Balaban J connectivity index is 1.36. The van der Waals surface area contributed by atoms with Crippen LogP contribution in [0.2, 0.25) is 5.02 Å². The third kappa shape index (κ3) is 6.50. The Morgan fingerprint density at radius 2 is 1.76 bits per heavy atom. The highest BCUT2D eigenvalue weighted by Gasteiger charge is 2.15. The van der Waals surface area contributed by atoms with Crippen molar-refractivity contribution in [1.82, 2.24) is 15.2 Å². The number of rotatable bonds is 10. The Hall–Kier alpha value is -3.36. The summed E-state index contributed by atoms with van der Waals surface area (Å²) in [5.74, 6) is -0.129. The third-order valence-corrected chi connectivity index (χ3v) is 6.82. The molecule has 1 heterocycles. The lowest BCUT2D eigenvalue weighted by molar-refractivity contribution is 0.0943. The topological polar surface area (TPSA) is 107 Å². The van der Waals surface area contributed by atoms with E-state index in [4.69, 9.17) is 11.6 Å². The maximum absolute atomic E-state index is 12.8. The normalized spacial score (nSPS) is 13.0. The summed E-state index contributed by atoms with van der Waals surface area (Å²) in [5.41, 5.74) is 4.68. The fourth-order valence-corrected chi connectivity index (χ4v) is 4.54. The number of aromatic hydroxyl groups is 1. The standard InChI is InChI=1S/C29H32ClN3O4/c1-18(31-16-28(36)21-6-10-27(35)23(13-21)17-34)11-20-5-9-25-22(12-20)14-26(33(25)2)29(37)32-15-19-3-7-24(30)8-4-19/h3-10,12-14,18,28,31,34-36H,11,15-17H2,1-2H3,(H,32,37)/t18?,28-/m0/s1. The molecule has 0 saturated heterocycles. The summed E-state index contributed by atoms with van der Waals surface area (Å²) in [6.07, 6.45) is -0.0217. The molecule has 3 aromatic carbocycles. The molecule has 194 valence electrons. The molecule has 0 aliphatic heterocycles. The highest BCUT2D eigenvalue weighted by Crippen LogP contribution is 2.23. The number of nitrogens with one attached hydrogen (secondary N) is 2. The SMILES string of the molecule is CC(Cc1ccc2c(c1)cc(C(=O)NCc1ccc(Cl)cc1)n2C)NC[C@H](O)c1ccc(O)c(CO)c1. The van der Waals surface area contributed by atoms with Gasteiger partial charge in [-0.05, 0) is 72.5 Å². The monoisotopic (exact) mass is 521 g/mol. The summed E-state index contributed by atoms with van der Waals surface area (Å²) in [5, 5.41) is 37.5. The van der Waals surface area contributed by atoms with Gasteiger partial charge in [-0.3, -0.25) is 4.79 Å². The van der Waals surface area contributed by atoms with Crippen molar-refractivity contribution < 1.29 is 20.1 Å². The van der Waals surface area contributed by atoms with Crippen molar-refractivity contribution in [1.29, 1.82) is 0 Å². The fourth-order valence-electron chi connectivity index (χ4n) is 4.41. The molecule has 5 N–H and O–H groups in total. The van der Waals surface area contributed by atoms with Crippen LogP contribution in [0.3, 0.4) is 0 Å². The minimum absolute atomic E-state index is 0.0123. The minimum atomic E-state index is -0.765. The lowest BCUT2D eigenvalue weighted by Gasteiger charge is -2.18. The van der Waals surface area contributed by atoms with Crippen molar-refractivity contribution in [3.8, 4) is 5.75 Å². The van der Waals surface area contributed by atoms with Crippen LogP contribution in [0, 0.1) is 0 Å². The number of nitrogens with zero attached hydrogens (tertiary/aromatic N) is 1. The zero-order valence-corrected chi connectivity index (χ0v) is 21.7. The Labute approximate surface area is 221 Å². The number of aliphatic hydroxyl groups excluding tert-OH is 2. The van der Waals surface area contributed by atoms with Gasteiger partial charge in [-0.1, -0.05) is 35.9 Å². The fraction of sp³-hybridized carbons (Fsp3) is 0.276. The van der Waals surface area contributed by atoms with Gasteiger partial charge in [0.2, 0.25) is 0 Å². The number of phenols is 1. The van der Waals surface area contributed by atoms with Gasteiger partial charge in [0.15, 0.2) is 0 Å². The number of hydrogen-bond donors (Lipinski definition) is 5. The van der Waals surface area contributed by atoms with Gasteiger partial charge in [0.05, 0.1) is 12.7 Å². The predicted octanol–water partition coefficient (Wildman–Crippen LogP) is 4.21. The van der Waals surface area contributed by atoms with Crippen LogP contribution in [-0.4, -0.2) is 38.4 Å². The van der Waals surface area contributed by atoms with Crippen LogP contribution < -0.4 is 10.6 Å². The summed E-state index contributed by atoms with van der Waals surface area (Å²) in [7, 11) is 1.89. The molecule has 8 heteroatoms. The first-order chi connectivity index (χ1) is 17.7. The van der Waals surface area contributed by atoms with E-state index in [0.717, 1.165) is 28.5 Å². The molecule has 0 aliphatic carbocycles. The Morgan fingerprint density at radius 3 is 2.49 bits per heavy atom. The van der Waals surface area contributed by atoms with Gasteiger partial charge in [-0.2, -0.15) is 0 Å². The second-order valence-electron chi connectivity index (χ2n) is 9.37. The summed E-state index contributed by atoms with van der Waals surface area (Å²) in [4.78, 5) is 12.8. The molecule has 1 amide bonds. The largest absolute Gasteiger partial charge is 0.508 e. The first-order valence-electron chi connectivity index (χ1n) is 12.2. The lowest BCUT2D eigenvalue weighted by atomic mass is 10.0. The predicted molar refractivity (Wildman–Crippen MR) is 146 cm³/mol. The molecule has 0 bridgehead atoms. The van der Waals surface area contributed by atoms with Crippen molar-refractivity contribution in [3.63, 3.8) is 0 Å². The average molecular weight is 522 g/mol. The maximum Gasteiger partial charge on any atom is 0.268 e. The van der Waals surface area contributed by atoms with E-state index in [2.05, 4.69) is 22.8 Å². The van der Waals surface area contributed by atoms with Crippen molar-refractivity contribution in [2.45, 2.75) is 38.6 Å². The van der Waals surface area contributed by atoms with E-state index >= 15 is 0 Å². The van der Waals surface area contributed by atoms with Gasteiger partial charge in [0.25, 0.3) is 5.91 Å². The van der Waals surface area contributed by atoms with E-state index in [1.54, 1.807) is 24.3 Å². The summed E-state index contributed by atoms with van der Waals surface area (Å²) >= 11 is 5.93. The van der Waals surface area contributed by atoms with Crippen LogP contribution in [0.25, 0.3) is 10.9 Å². The number of aromatic nitrogens is 1. The molecular formula is C29H32ClN3O4. The molecule has 0 spiro atoms. The van der Waals surface area contributed by atoms with Crippen LogP contribution in [0.1, 0.15) is 45.8 Å². The minimum Gasteiger partial charge on any atom is -0.508 e. The lowest BCUT2D eigenvalue weighted by Crippen LogP contribution is -2.32. The maximum atomic E-state index is 12.8. The number of aryl methyl sites for hydroxylation is 1. The van der Waals surface area contributed by atoms with Gasteiger partial charge < -0.3 is 30.5 Å².